The molecule has 1 amide bonds. The number of carbonyl (C=O) groups is 2. The largest absolute Gasteiger partial charge is 1.00 e. The van der Waals surface area contributed by atoms with Crippen molar-refractivity contribution in [1.29, 1.82) is 0 Å². The Morgan fingerprint density at radius 1 is 1.16 bits per heavy atom. The van der Waals surface area contributed by atoms with Gasteiger partial charge in [-0.15, -0.1) is 0 Å². The van der Waals surface area contributed by atoms with E-state index in [-0.39, 0.29) is 29.6 Å². The van der Waals surface area contributed by atoms with Gasteiger partial charge in [-0.05, 0) is 6.42 Å². The molecule has 0 atom stereocenters. The Hall–Kier alpha value is -0.520. The number of rotatable bonds is 9. The van der Waals surface area contributed by atoms with Crippen LogP contribution in [0, 0.1) is 0 Å². The van der Waals surface area contributed by atoms with E-state index in [1.54, 1.807) is 0 Å². The van der Waals surface area contributed by atoms with Crippen LogP contribution in [0.15, 0.2) is 12.3 Å². The quantitative estimate of drug-likeness (QED) is 0.227. The van der Waals surface area contributed by atoms with Gasteiger partial charge >= 0.3 is 35.5 Å². The predicted octanol–water partition coefficient (Wildman–Crippen LogP) is -1.32. The number of unbranched alkanes of at least 4 members (excludes halogenated alkanes) is 5. The minimum atomic E-state index is -1.30. The zero-order valence-electron chi connectivity index (χ0n) is 12.2. The molecule has 0 saturated carbocycles. The Morgan fingerprint density at radius 3 is 2.26 bits per heavy atom. The number of ether oxygens (including phenoxy) is 1. The molecule has 0 aliphatic rings. The number of hydrogen-bond donors (Lipinski definition) is 0. The summed E-state index contributed by atoms with van der Waals surface area (Å²) in [4.78, 5) is 22.6. The summed E-state index contributed by atoms with van der Waals surface area (Å²) in [6.07, 6.45) is 7.40. The summed E-state index contributed by atoms with van der Waals surface area (Å²) in [6, 6.07) is 0. The number of esters is 1. The molecular weight excluding hydrogens is 257 g/mol. The molecule has 0 rings (SSSR count). The van der Waals surface area contributed by atoms with E-state index in [0.29, 0.717) is 6.54 Å². The second kappa shape index (κ2) is 13.9. The first-order valence-corrected chi connectivity index (χ1v) is 6.35. The van der Waals surface area contributed by atoms with Crippen LogP contribution < -0.4 is 34.7 Å². The van der Waals surface area contributed by atoms with Gasteiger partial charge in [-0.25, -0.2) is 4.79 Å². The van der Waals surface area contributed by atoms with Crippen molar-refractivity contribution in [2.45, 2.75) is 45.4 Å². The molecule has 0 aromatic rings. The zero-order valence-corrected chi connectivity index (χ0v) is 14.2. The van der Waals surface area contributed by atoms with Crippen LogP contribution >= 0.6 is 0 Å². The van der Waals surface area contributed by atoms with E-state index in [4.69, 9.17) is 0 Å². The van der Waals surface area contributed by atoms with Crippen LogP contribution in [0.2, 0.25) is 0 Å². The van der Waals surface area contributed by atoms with E-state index >= 15 is 0 Å². The molecule has 0 aliphatic heterocycles. The Labute approximate surface area is 137 Å². The van der Waals surface area contributed by atoms with Crippen LogP contribution in [0.25, 0.3) is 0 Å². The third-order valence-electron chi connectivity index (χ3n) is 2.58. The van der Waals surface area contributed by atoms with E-state index < -0.39 is 12.1 Å². The fourth-order valence-electron chi connectivity index (χ4n) is 1.51. The van der Waals surface area contributed by atoms with Crippen molar-refractivity contribution in [3.8, 4) is 0 Å². The van der Waals surface area contributed by atoms with Gasteiger partial charge in [0.2, 0.25) is 0 Å². The number of hydrogen-bond acceptors (Lipinski definition) is 4. The maximum absolute atomic E-state index is 10.8. The Kier molecular flexibility index (Phi) is 15.2. The molecule has 0 bridgehead atoms. The van der Waals surface area contributed by atoms with Crippen LogP contribution in [0.5, 0.6) is 0 Å². The van der Waals surface area contributed by atoms with Gasteiger partial charge in [-0.3, -0.25) is 0 Å². The van der Waals surface area contributed by atoms with E-state index in [1.165, 1.54) is 32.6 Å². The molecule has 0 aromatic carbocycles. The molecule has 5 nitrogen and oxygen atoms in total. The average molecular weight is 279 g/mol. The summed E-state index contributed by atoms with van der Waals surface area (Å²) in [5.41, 5.74) is 0. The smallest absolute Gasteiger partial charge is 0.530 e. The maximum atomic E-state index is 10.8. The first-order chi connectivity index (χ1) is 8.61. The van der Waals surface area contributed by atoms with Crippen LogP contribution in [0.3, 0.4) is 0 Å². The van der Waals surface area contributed by atoms with Crippen LogP contribution in [0.4, 0.5) is 4.79 Å². The fraction of sp³-hybridized carbons (Fsp3) is 0.692. The van der Waals surface area contributed by atoms with Crippen LogP contribution in [-0.2, 0) is 9.53 Å². The molecule has 0 spiro atoms. The van der Waals surface area contributed by atoms with Crippen molar-refractivity contribution in [2.24, 2.45) is 0 Å². The monoisotopic (exact) mass is 279 g/mol. The summed E-state index contributed by atoms with van der Waals surface area (Å²) < 4.78 is 4.38. The van der Waals surface area contributed by atoms with Crippen molar-refractivity contribution in [2.75, 3.05) is 13.7 Å². The minimum absolute atomic E-state index is 0. The van der Waals surface area contributed by atoms with E-state index in [9.17, 15) is 14.7 Å². The molecule has 0 fully saturated rings. The molecule has 0 aromatic heterocycles. The molecule has 0 N–H and O–H groups in total. The van der Waals surface area contributed by atoms with Gasteiger partial charge in [-0.2, -0.15) is 0 Å². The van der Waals surface area contributed by atoms with E-state index in [0.717, 1.165) is 30.2 Å². The molecule has 0 heterocycles. The molecule has 0 aliphatic carbocycles. The van der Waals surface area contributed by atoms with Crippen molar-refractivity contribution in [3.63, 3.8) is 0 Å². The number of nitrogens with zero attached hydrogens (tertiary/aromatic N) is 1. The van der Waals surface area contributed by atoms with Crippen molar-refractivity contribution >= 4 is 12.1 Å². The fourth-order valence-corrected chi connectivity index (χ4v) is 1.51. The summed E-state index contributed by atoms with van der Waals surface area (Å²) in [7, 11) is 1.24. The van der Waals surface area contributed by atoms with Gasteiger partial charge in [0.1, 0.15) is 6.09 Å². The predicted molar refractivity (Wildman–Crippen MR) is 66.6 cm³/mol. The maximum Gasteiger partial charge on any atom is 1.00 e. The van der Waals surface area contributed by atoms with Crippen LogP contribution in [-0.4, -0.2) is 30.6 Å². The zero-order chi connectivity index (χ0) is 13.8. The van der Waals surface area contributed by atoms with E-state index in [1.807, 2.05) is 0 Å². The van der Waals surface area contributed by atoms with Crippen molar-refractivity contribution < 1.29 is 49.0 Å². The third kappa shape index (κ3) is 12.3. The Morgan fingerprint density at radius 2 is 1.74 bits per heavy atom. The topological polar surface area (TPSA) is 69.7 Å². The standard InChI is InChI=1S/C13H23NO4.Na/c1-3-4-5-6-7-8-10-14(13(16)17)11-9-12(15)18-2;/h9,11H,3-8,10H2,1-2H3,(H,16,17);/q;+1/p-1. The van der Waals surface area contributed by atoms with Gasteiger partial charge in [-0.1, -0.05) is 39.0 Å². The first kappa shape index (κ1) is 20.8. The molecule has 0 saturated heterocycles. The SMILES string of the molecule is CCCCCCCCN(C=CC(=O)OC)C(=O)[O-].[Na+]. The Balaban J connectivity index is 0. The number of carbonyl (C=O) groups excluding carboxylic acids is 2. The van der Waals surface area contributed by atoms with Gasteiger partial charge < -0.3 is 19.5 Å². The van der Waals surface area contributed by atoms with Crippen molar-refractivity contribution in [1.82, 2.24) is 4.90 Å². The van der Waals surface area contributed by atoms with Gasteiger partial charge in [0, 0.05) is 18.8 Å². The second-order valence-corrected chi connectivity index (χ2v) is 4.07. The molecule has 6 heteroatoms. The molecule has 19 heavy (non-hydrogen) atoms. The molecule has 104 valence electrons. The molecule has 0 radical (unpaired) electrons. The summed E-state index contributed by atoms with van der Waals surface area (Å²) in [6.45, 7) is 2.50. The molecule has 0 unspecified atom stereocenters. The number of amides is 1. The first-order valence-electron chi connectivity index (χ1n) is 6.35. The van der Waals surface area contributed by atoms with Gasteiger partial charge in [0.15, 0.2) is 0 Å². The molecular formula is C13H22NNaO4. The third-order valence-corrected chi connectivity index (χ3v) is 2.58. The number of carboxylic acid groups (broad SMARTS) is 1. The number of methoxy groups -OCH3 is 1. The normalized spacial score (nSPS) is 10.0. The second-order valence-electron chi connectivity index (χ2n) is 4.07. The van der Waals surface area contributed by atoms with Gasteiger partial charge in [0.05, 0.1) is 7.11 Å². The van der Waals surface area contributed by atoms with Crippen molar-refractivity contribution in [3.05, 3.63) is 12.3 Å². The average Bonchev–Trinajstić information content (AvgIpc) is 2.36. The minimum Gasteiger partial charge on any atom is -0.530 e. The van der Waals surface area contributed by atoms with Gasteiger partial charge in [0.25, 0.3) is 0 Å². The summed E-state index contributed by atoms with van der Waals surface area (Å²) >= 11 is 0. The Bertz CT molecular complexity index is 282. The van der Waals surface area contributed by atoms with Crippen LogP contribution in [0.1, 0.15) is 45.4 Å². The van der Waals surface area contributed by atoms with E-state index in [2.05, 4.69) is 11.7 Å². The summed E-state index contributed by atoms with van der Waals surface area (Å²) in [5, 5.41) is 10.8. The summed E-state index contributed by atoms with van der Waals surface area (Å²) in [5.74, 6) is -0.579.